The van der Waals surface area contributed by atoms with Gasteiger partial charge in [0.1, 0.15) is 49.7 Å². The van der Waals surface area contributed by atoms with Crippen LogP contribution in [-0.4, -0.2) is 62.0 Å². The molecule has 262 valence electrons. The average molecular weight is 702 g/mol. The van der Waals surface area contributed by atoms with Crippen LogP contribution in [0.4, 0.5) is 0 Å². The number of rotatable bonds is 12. The van der Waals surface area contributed by atoms with E-state index in [2.05, 4.69) is 13.0 Å². The van der Waals surface area contributed by atoms with Gasteiger partial charge in [-0.3, -0.25) is 9.69 Å². The summed E-state index contributed by atoms with van der Waals surface area (Å²) in [7, 11) is 2.87. The summed E-state index contributed by atoms with van der Waals surface area (Å²) in [5.41, 5.74) is 5.79. The Morgan fingerprint density at radius 1 is 0.860 bits per heavy atom. The van der Waals surface area contributed by atoms with Crippen molar-refractivity contribution >= 4 is 23.5 Å². The van der Waals surface area contributed by atoms with Gasteiger partial charge in [-0.2, -0.15) is 0 Å². The van der Waals surface area contributed by atoms with Crippen molar-refractivity contribution in [3.05, 3.63) is 99.6 Å². The van der Waals surface area contributed by atoms with Crippen LogP contribution in [-0.2, 0) is 29.3 Å². The van der Waals surface area contributed by atoms with Crippen molar-refractivity contribution in [2.75, 3.05) is 34.0 Å². The summed E-state index contributed by atoms with van der Waals surface area (Å²) in [6, 6.07) is 19.9. The van der Waals surface area contributed by atoms with Crippen LogP contribution in [0.2, 0.25) is 5.02 Å². The van der Waals surface area contributed by atoms with Crippen molar-refractivity contribution in [1.82, 2.24) is 4.90 Å². The van der Waals surface area contributed by atoms with Crippen LogP contribution in [0.3, 0.4) is 0 Å². The SMILES string of the molecule is COC(=O)c1ccc(OC)c(COc2cc(OCc3cccc(-c4ccc5c(c4)OCCO5)c3C)c(Cl)cc2CN2CCCC[C@H]2C(=O)O)c1. The van der Waals surface area contributed by atoms with Gasteiger partial charge >= 0.3 is 11.9 Å². The molecular weight excluding hydrogens is 662 g/mol. The maximum absolute atomic E-state index is 12.3. The fraction of sp³-hybridized carbons (Fsp3) is 0.333. The highest BCUT2D eigenvalue weighted by molar-refractivity contribution is 6.32. The summed E-state index contributed by atoms with van der Waals surface area (Å²) in [6.45, 7) is 4.36. The molecule has 10 nitrogen and oxygen atoms in total. The number of benzene rings is 4. The number of nitrogens with zero attached hydrogens (tertiary/aromatic N) is 1. The van der Waals surface area contributed by atoms with Gasteiger partial charge in [0.05, 0.1) is 24.8 Å². The number of fused-ring (bicyclic) bond motifs is 1. The minimum Gasteiger partial charge on any atom is -0.496 e. The highest BCUT2D eigenvalue weighted by Gasteiger charge is 2.29. The van der Waals surface area contributed by atoms with Crippen LogP contribution < -0.4 is 23.7 Å². The van der Waals surface area contributed by atoms with Crippen molar-refractivity contribution in [3.8, 4) is 39.9 Å². The Morgan fingerprint density at radius 3 is 2.42 bits per heavy atom. The van der Waals surface area contributed by atoms with E-state index < -0.39 is 18.0 Å². The smallest absolute Gasteiger partial charge is 0.337 e. The number of methoxy groups -OCH3 is 2. The fourth-order valence-corrected chi connectivity index (χ4v) is 6.67. The molecule has 4 aromatic rings. The number of carbonyl (C=O) groups excluding carboxylic acids is 1. The Balaban J connectivity index is 1.28. The fourth-order valence-electron chi connectivity index (χ4n) is 6.43. The Bertz CT molecular complexity index is 1880. The molecule has 1 N–H and O–H groups in total. The van der Waals surface area contributed by atoms with E-state index in [1.807, 2.05) is 35.2 Å². The number of carboxylic acids is 1. The highest BCUT2D eigenvalue weighted by atomic mass is 35.5. The lowest BCUT2D eigenvalue weighted by Crippen LogP contribution is -2.44. The average Bonchev–Trinajstić information content (AvgIpc) is 3.14. The third-order valence-corrected chi connectivity index (χ3v) is 9.45. The summed E-state index contributed by atoms with van der Waals surface area (Å²) < 4.78 is 34.7. The molecule has 2 aliphatic rings. The summed E-state index contributed by atoms with van der Waals surface area (Å²) >= 11 is 6.84. The number of hydrogen-bond donors (Lipinski definition) is 1. The van der Waals surface area contributed by atoms with Crippen LogP contribution in [0.15, 0.2) is 66.7 Å². The van der Waals surface area contributed by atoms with E-state index in [0.717, 1.165) is 52.2 Å². The molecule has 2 heterocycles. The number of esters is 1. The molecule has 0 amide bonds. The first kappa shape index (κ1) is 34.9. The molecule has 2 aliphatic heterocycles. The molecule has 1 atom stereocenters. The number of hydrogen-bond acceptors (Lipinski definition) is 9. The normalized spacial score (nSPS) is 15.6. The summed E-state index contributed by atoms with van der Waals surface area (Å²) in [4.78, 5) is 26.3. The van der Waals surface area contributed by atoms with Crippen LogP contribution >= 0.6 is 11.6 Å². The zero-order chi connectivity index (χ0) is 35.2. The molecule has 0 radical (unpaired) electrons. The largest absolute Gasteiger partial charge is 0.496 e. The molecule has 11 heteroatoms. The second-order valence-corrected chi connectivity index (χ2v) is 12.7. The van der Waals surface area contributed by atoms with Gasteiger partial charge in [0.25, 0.3) is 0 Å². The minimum absolute atomic E-state index is 0.0567. The van der Waals surface area contributed by atoms with E-state index in [1.54, 1.807) is 37.4 Å². The van der Waals surface area contributed by atoms with E-state index >= 15 is 0 Å². The molecule has 4 aromatic carbocycles. The summed E-state index contributed by atoms with van der Waals surface area (Å²) in [5, 5.41) is 10.3. The topological polar surface area (TPSA) is 113 Å². The van der Waals surface area contributed by atoms with Crippen molar-refractivity contribution in [2.24, 2.45) is 0 Å². The Kier molecular flexibility index (Phi) is 11.0. The third-order valence-electron chi connectivity index (χ3n) is 9.15. The molecule has 6 rings (SSSR count). The van der Waals surface area contributed by atoms with Gasteiger partial charge < -0.3 is 33.5 Å². The van der Waals surface area contributed by atoms with Crippen LogP contribution in [0.25, 0.3) is 11.1 Å². The summed E-state index contributed by atoms with van der Waals surface area (Å²) in [5.74, 6) is 1.57. The number of likely N-dealkylation sites (tertiary alicyclic amines) is 1. The maximum atomic E-state index is 12.3. The number of carboxylic acid groups (broad SMARTS) is 1. The molecular formula is C39H40ClNO9. The van der Waals surface area contributed by atoms with Crippen molar-refractivity contribution in [1.29, 1.82) is 0 Å². The van der Waals surface area contributed by atoms with Gasteiger partial charge in [-0.15, -0.1) is 0 Å². The van der Waals surface area contributed by atoms with Crippen molar-refractivity contribution in [2.45, 2.75) is 52.0 Å². The van der Waals surface area contributed by atoms with E-state index in [4.69, 9.17) is 40.0 Å². The van der Waals surface area contributed by atoms with E-state index in [1.165, 1.54) is 7.11 Å². The minimum atomic E-state index is -0.851. The van der Waals surface area contributed by atoms with Crippen molar-refractivity contribution < 1.29 is 43.1 Å². The van der Waals surface area contributed by atoms with Crippen LogP contribution in [0.5, 0.6) is 28.7 Å². The number of halogens is 1. The van der Waals surface area contributed by atoms with Gasteiger partial charge in [0.2, 0.25) is 0 Å². The molecule has 0 spiro atoms. The zero-order valence-electron chi connectivity index (χ0n) is 28.3. The molecule has 0 saturated carbocycles. The monoisotopic (exact) mass is 701 g/mol. The van der Waals surface area contributed by atoms with Crippen LogP contribution in [0, 0.1) is 6.92 Å². The highest BCUT2D eigenvalue weighted by Crippen LogP contribution is 2.38. The Labute approximate surface area is 296 Å². The molecule has 0 bridgehead atoms. The lowest BCUT2D eigenvalue weighted by atomic mass is 9.96. The Hall–Kier alpha value is -4.93. The van der Waals surface area contributed by atoms with Gasteiger partial charge in [0, 0.05) is 23.7 Å². The molecule has 50 heavy (non-hydrogen) atoms. The van der Waals surface area contributed by atoms with Gasteiger partial charge in [-0.1, -0.05) is 42.3 Å². The standard InChI is InChI=1S/C39H40ClNO9/c1-24-27(7-6-8-30(24)25-10-13-34-37(19-25)48-16-15-47-34)22-50-36-20-35(49-23-29-17-26(39(44)46-3)11-12-33(29)45-2)28(18-31(36)40)21-41-14-5-4-9-32(41)38(42)43/h6-8,10-13,17-20,32H,4-5,9,14-16,21-23H2,1-3H3,(H,42,43)/t32-/m0/s1. The third kappa shape index (κ3) is 7.77. The van der Waals surface area contributed by atoms with E-state index in [0.29, 0.717) is 66.1 Å². The maximum Gasteiger partial charge on any atom is 0.337 e. The van der Waals surface area contributed by atoms with E-state index in [9.17, 15) is 14.7 Å². The predicted octanol–water partition coefficient (Wildman–Crippen LogP) is 7.48. The molecule has 0 aromatic heterocycles. The van der Waals surface area contributed by atoms with Gasteiger partial charge in [-0.05, 0) is 85.0 Å². The lowest BCUT2D eigenvalue weighted by Gasteiger charge is -2.33. The molecule has 0 aliphatic carbocycles. The second kappa shape index (κ2) is 15.7. The molecule has 0 unspecified atom stereocenters. The number of ether oxygens (including phenoxy) is 6. The van der Waals surface area contributed by atoms with E-state index in [-0.39, 0.29) is 13.2 Å². The predicted molar refractivity (Wildman–Crippen MR) is 188 cm³/mol. The Morgan fingerprint density at radius 2 is 1.64 bits per heavy atom. The number of aliphatic carboxylic acids is 1. The number of piperidine rings is 1. The van der Waals surface area contributed by atoms with Crippen LogP contribution in [0.1, 0.15) is 51.9 Å². The second-order valence-electron chi connectivity index (χ2n) is 12.3. The zero-order valence-corrected chi connectivity index (χ0v) is 29.1. The molecule has 1 fully saturated rings. The van der Waals surface area contributed by atoms with Gasteiger partial charge in [-0.25, -0.2) is 4.79 Å². The quantitative estimate of drug-likeness (QED) is 0.149. The first-order valence-corrected chi connectivity index (χ1v) is 16.9. The van der Waals surface area contributed by atoms with Gasteiger partial charge in [0.15, 0.2) is 11.5 Å². The number of carbonyl (C=O) groups is 2. The first-order chi connectivity index (χ1) is 24.2. The molecule has 1 saturated heterocycles. The van der Waals surface area contributed by atoms with Crippen molar-refractivity contribution in [3.63, 3.8) is 0 Å². The first-order valence-electron chi connectivity index (χ1n) is 16.5. The summed E-state index contributed by atoms with van der Waals surface area (Å²) in [6.07, 6.45) is 2.33. The lowest BCUT2D eigenvalue weighted by molar-refractivity contribution is -0.144.